The summed E-state index contributed by atoms with van der Waals surface area (Å²) in [6, 6.07) is -0.771. The molecule has 3 saturated heterocycles. The number of nitrogen functional groups attached to an aromatic ring is 1. The zero-order valence-corrected chi connectivity index (χ0v) is 26.9. The lowest BCUT2D eigenvalue weighted by molar-refractivity contribution is -0.340. The summed E-state index contributed by atoms with van der Waals surface area (Å²) in [5.74, 6) is -2.97. The SMILES string of the molecule is C[C@@H]1Oc2nc(-c3cc(N)c(F)c(Cl)c3C(F)(F)F)c(F)c3nc(O[C@@H](C)[C@@H]4C[C@@H](OC(F)(F)F)CN4C)nc(c23)N2C[C@H]3CC[C@H](N3)[C@@H]12. The summed E-state index contributed by atoms with van der Waals surface area (Å²) in [5.41, 5.74) is 0.837. The normalized spacial score (nSPS) is 27.6. The van der Waals surface area contributed by atoms with Crippen molar-refractivity contribution < 1.29 is 49.3 Å². The first-order chi connectivity index (χ1) is 22.9. The summed E-state index contributed by atoms with van der Waals surface area (Å²) in [5, 5.41) is 2.14. The van der Waals surface area contributed by atoms with E-state index in [1.54, 1.807) is 25.8 Å². The number of anilines is 2. The van der Waals surface area contributed by atoms with Gasteiger partial charge in [0.15, 0.2) is 11.6 Å². The molecule has 19 heteroatoms. The molecular formula is C30H30ClF8N7O3. The van der Waals surface area contributed by atoms with Crippen molar-refractivity contribution in [3.8, 4) is 23.1 Å². The van der Waals surface area contributed by atoms with E-state index >= 15 is 4.39 Å². The van der Waals surface area contributed by atoms with Crippen LogP contribution in [0.15, 0.2) is 6.07 Å². The summed E-state index contributed by atoms with van der Waals surface area (Å²) in [7, 11) is 1.60. The molecule has 3 aromatic rings. The maximum absolute atomic E-state index is 16.7. The number of hydrogen-bond acceptors (Lipinski definition) is 10. The number of likely N-dealkylation sites (tertiary alicyclic amines) is 1. The number of ether oxygens (including phenoxy) is 3. The van der Waals surface area contributed by atoms with Crippen LogP contribution in [0.1, 0.15) is 38.7 Å². The van der Waals surface area contributed by atoms with E-state index in [-0.39, 0.29) is 54.2 Å². The van der Waals surface area contributed by atoms with E-state index in [9.17, 15) is 30.7 Å². The van der Waals surface area contributed by atoms with Crippen LogP contribution >= 0.6 is 11.6 Å². The molecule has 7 rings (SSSR count). The van der Waals surface area contributed by atoms with Crippen molar-refractivity contribution in [1.82, 2.24) is 25.2 Å². The summed E-state index contributed by atoms with van der Waals surface area (Å²) >= 11 is 5.80. The van der Waals surface area contributed by atoms with E-state index < -0.39 is 81.6 Å². The van der Waals surface area contributed by atoms with Crippen molar-refractivity contribution in [3.05, 3.63) is 28.3 Å². The van der Waals surface area contributed by atoms with Crippen molar-refractivity contribution in [2.24, 2.45) is 0 Å². The fourth-order valence-electron chi connectivity index (χ4n) is 7.68. The van der Waals surface area contributed by atoms with Gasteiger partial charge in [0.1, 0.15) is 34.6 Å². The Labute approximate surface area is 278 Å². The monoisotopic (exact) mass is 723 g/mol. The van der Waals surface area contributed by atoms with Gasteiger partial charge in [0.05, 0.1) is 28.4 Å². The number of pyridine rings is 1. The average molecular weight is 724 g/mol. The second-order valence-electron chi connectivity index (χ2n) is 12.9. The minimum absolute atomic E-state index is 0.0248. The number of hydrogen-bond donors (Lipinski definition) is 2. The Morgan fingerprint density at radius 3 is 2.51 bits per heavy atom. The highest BCUT2D eigenvalue weighted by Crippen LogP contribution is 2.48. The van der Waals surface area contributed by atoms with E-state index in [1.807, 2.05) is 4.90 Å². The van der Waals surface area contributed by atoms with Gasteiger partial charge in [-0.25, -0.2) is 13.8 Å². The van der Waals surface area contributed by atoms with Crippen LogP contribution < -0.4 is 25.4 Å². The van der Waals surface area contributed by atoms with Crippen LogP contribution in [-0.2, 0) is 10.9 Å². The molecule has 10 nitrogen and oxygen atoms in total. The van der Waals surface area contributed by atoms with E-state index in [0.29, 0.717) is 12.6 Å². The minimum Gasteiger partial charge on any atom is -0.472 e. The standard InChI is InChI=1S/C30H30ClF8N7O3/c1-10(17-6-13(9-45(17)3)49-30(37,38)39)48-28-43-24-18-26(44-28)46-8-12-4-5-16(41-12)25(46)11(2)47-27(18)42-23(22(24)33)14-7-15(40)21(32)20(31)19(14)29(34,35)36/h7,10-13,16-17,25,41H,4-6,8-9,40H2,1-3H3/t10-,11-,12+,13+,16-,17-,25+/m0/s1. The summed E-state index contributed by atoms with van der Waals surface area (Å²) < 4.78 is 130. The maximum Gasteiger partial charge on any atom is 0.522 e. The largest absolute Gasteiger partial charge is 0.522 e. The Morgan fingerprint density at radius 1 is 1.08 bits per heavy atom. The smallest absolute Gasteiger partial charge is 0.472 e. The van der Waals surface area contributed by atoms with Crippen molar-refractivity contribution in [1.29, 1.82) is 0 Å². The van der Waals surface area contributed by atoms with Gasteiger partial charge in [-0.2, -0.15) is 23.1 Å². The first-order valence-corrected chi connectivity index (χ1v) is 15.9. The fourth-order valence-corrected chi connectivity index (χ4v) is 8.00. The van der Waals surface area contributed by atoms with Crippen LogP contribution in [0, 0.1) is 11.6 Å². The molecule has 0 amide bonds. The molecule has 266 valence electrons. The molecule has 2 bridgehead atoms. The predicted octanol–water partition coefficient (Wildman–Crippen LogP) is 5.69. The number of nitrogens with zero attached hydrogens (tertiary/aromatic N) is 5. The number of nitrogens with two attached hydrogens (primary N) is 1. The third-order valence-corrected chi connectivity index (χ3v) is 10.1. The molecule has 0 saturated carbocycles. The number of fused-ring (bicyclic) bond motifs is 5. The lowest BCUT2D eigenvalue weighted by atomic mass is 9.99. The zero-order valence-electron chi connectivity index (χ0n) is 26.1. The van der Waals surface area contributed by atoms with E-state index in [4.69, 9.17) is 26.8 Å². The molecule has 0 aliphatic carbocycles. The minimum atomic E-state index is -5.25. The van der Waals surface area contributed by atoms with Crippen LogP contribution in [0.4, 0.5) is 46.6 Å². The molecule has 49 heavy (non-hydrogen) atoms. The quantitative estimate of drug-likeness (QED) is 0.252. The van der Waals surface area contributed by atoms with Crippen LogP contribution in [0.5, 0.6) is 11.9 Å². The van der Waals surface area contributed by atoms with Crippen LogP contribution in [0.2, 0.25) is 5.02 Å². The zero-order chi connectivity index (χ0) is 35.3. The van der Waals surface area contributed by atoms with Crippen molar-refractivity contribution in [2.45, 2.75) is 88.1 Å². The average Bonchev–Trinajstić information content (AvgIpc) is 3.52. The Hall–Kier alpha value is -3.48. The summed E-state index contributed by atoms with van der Waals surface area (Å²) in [6.07, 6.45) is -11.1. The molecular weight excluding hydrogens is 694 g/mol. The highest BCUT2D eigenvalue weighted by atomic mass is 35.5. The molecule has 3 fully saturated rings. The van der Waals surface area contributed by atoms with Gasteiger partial charge in [-0.15, -0.1) is 13.2 Å². The predicted molar refractivity (Wildman–Crippen MR) is 160 cm³/mol. The number of rotatable bonds is 5. The molecule has 2 aromatic heterocycles. The number of piperazine rings is 1. The first kappa shape index (κ1) is 34.0. The second kappa shape index (κ2) is 11.8. The molecule has 4 aliphatic rings. The van der Waals surface area contributed by atoms with Gasteiger partial charge in [0, 0.05) is 36.8 Å². The summed E-state index contributed by atoms with van der Waals surface area (Å²) in [4.78, 5) is 16.7. The van der Waals surface area contributed by atoms with E-state index in [0.717, 1.165) is 12.8 Å². The van der Waals surface area contributed by atoms with Crippen LogP contribution in [0.25, 0.3) is 22.2 Å². The van der Waals surface area contributed by atoms with Crippen molar-refractivity contribution >= 4 is 34.0 Å². The van der Waals surface area contributed by atoms with Crippen LogP contribution in [0.3, 0.4) is 0 Å². The van der Waals surface area contributed by atoms with Crippen LogP contribution in [-0.4, -0.2) is 88.8 Å². The molecule has 0 unspecified atom stereocenters. The molecule has 3 N–H and O–H groups in total. The van der Waals surface area contributed by atoms with Gasteiger partial charge >= 0.3 is 18.5 Å². The molecule has 7 atom stereocenters. The lowest BCUT2D eigenvalue weighted by Crippen LogP contribution is -2.62. The Bertz CT molecular complexity index is 1810. The third kappa shape index (κ3) is 5.93. The topological polar surface area (TPSA) is 111 Å². The maximum atomic E-state index is 16.7. The highest BCUT2D eigenvalue weighted by Gasteiger charge is 2.48. The Balaban J connectivity index is 1.39. The van der Waals surface area contributed by atoms with Gasteiger partial charge in [-0.1, -0.05) is 11.6 Å². The number of likely N-dealkylation sites (N-methyl/N-ethyl adjacent to an activating group) is 1. The fraction of sp³-hybridized carbons (Fsp3) is 0.567. The van der Waals surface area contributed by atoms with Gasteiger partial charge in [0.2, 0.25) is 5.88 Å². The van der Waals surface area contributed by atoms with Gasteiger partial charge in [0.25, 0.3) is 0 Å². The van der Waals surface area contributed by atoms with Gasteiger partial charge < -0.3 is 25.4 Å². The number of benzene rings is 1. The summed E-state index contributed by atoms with van der Waals surface area (Å²) in [6.45, 7) is 3.71. The molecule has 0 spiro atoms. The molecule has 1 aromatic carbocycles. The lowest BCUT2D eigenvalue weighted by Gasteiger charge is -2.42. The molecule has 4 aliphatic heterocycles. The first-order valence-electron chi connectivity index (χ1n) is 15.5. The Morgan fingerprint density at radius 2 is 1.82 bits per heavy atom. The number of halogens is 9. The number of nitrogens with one attached hydrogen (secondary N) is 1. The highest BCUT2D eigenvalue weighted by molar-refractivity contribution is 6.32. The number of alkyl halides is 6. The third-order valence-electron chi connectivity index (χ3n) is 9.70. The van der Waals surface area contributed by atoms with E-state index in [2.05, 4.69) is 25.0 Å². The van der Waals surface area contributed by atoms with Crippen molar-refractivity contribution in [3.63, 3.8) is 0 Å². The van der Waals surface area contributed by atoms with Gasteiger partial charge in [-0.05, 0) is 46.2 Å². The van der Waals surface area contributed by atoms with Crippen molar-refractivity contribution in [2.75, 3.05) is 30.8 Å². The van der Waals surface area contributed by atoms with Gasteiger partial charge in [-0.3, -0.25) is 9.64 Å². The Kier molecular flexibility index (Phi) is 8.19. The second-order valence-corrected chi connectivity index (χ2v) is 13.3. The number of aromatic nitrogens is 3. The molecule has 0 radical (unpaired) electrons. The molecule has 6 heterocycles. The van der Waals surface area contributed by atoms with E-state index in [1.165, 1.54) is 0 Å².